The summed E-state index contributed by atoms with van der Waals surface area (Å²) < 4.78 is 0. The van der Waals surface area contributed by atoms with Gasteiger partial charge in [-0.15, -0.1) is 11.8 Å². The number of aliphatic hydroxyl groups is 1. The molecule has 0 aliphatic carbocycles. The molecule has 0 saturated heterocycles. The summed E-state index contributed by atoms with van der Waals surface area (Å²) in [7, 11) is 0. The summed E-state index contributed by atoms with van der Waals surface area (Å²) in [6, 6.07) is 0. The van der Waals surface area contributed by atoms with Crippen LogP contribution in [0.3, 0.4) is 0 Å². The normalized spacial score (nSPS) is 11.9. The first kappa shape index (κ1) is 14.8. The van der Waals surface area contributed by atoms with Gasteiger partial charge in [0.15, 0.2) is 0 Å². The van der Waals surface area contributed by atoms with Crippen molar-refractivity contribution < 1.29 is 9.90 Å². The van der Waals surface area contributed by atoms with E-state index in [2.05, 4.69) is 13.8 Å². The molecule has 0 bridgehead atoms. The number of carbonyl (C=O) groups is 1. The molecule has 0 radical (unpaired) electrons. The Kier molecular flexibility index (Phi) is 6.29. The second-order valence-electron chi connectivity index (χ2n) is 4.58. The number of likely N-dealkylation sites (N-methyl/N-ethyl adjacent to an activating group) is 1. The van der Waals surface area contributed by atoms with Crippen molar-refractivity contribution in [2.45, 2.75) is 45.5 Å². The molecule has 0 aromatic heterocycles. The monoisotopic (exact) mass is 233 g/mol. The molecule has 0 rings (SSSR count). The van der Waals surface area contributed by atoms with Crippen molar-refractivity contribution in [1.82, 2.24) is 4.90 Å². The van der Waals surface area contributed by atoms with Crippen LogP contribution in [0.15, 0.2) is 0 Å². The summed E-state index contributed by atoms with van der Waals surface area (Å²) in [6.07, 6.45) is 0. The van der Waals surface area contributed by atoms with E-state index < -0.39 is 5.60 Å². The van der Waals surface area contributed by atoms with E-state index in [4.69, 9.17) is 0 Å². The fourth-order valence-electron chi connectivity index (χ4n) is 1.17. The predicted octanol–water partition coefficient (Wildman–Crippen LogP) is 1.75. The first-order chi connectivity index (χ1) is 6.76. The van der Waals surface area contributed by atoms with E-state index in [-0.39, 0.29) is 5.91 Å². The maximum Gasteiger partial charge on any atom is 0.232 e. The molecule has 0 aliphatic heterocycles. The van der Waals surface area contributed by atoms with Crippen molar-refractivity contribution in [2.75, 3.05) is 18.8 Å². The van der Waals surface area contributed by atoms with Gasteiger partial charge in [-0.25, -0.2) is 0 Å². The van der Waals surface area contributed by atoms with Crippen molar-refractivity contribution in [3.05, 3.63) is 0 Å². The molecule has 1 N–H and O–H groups in total. The summed E-state index contributed by atoms with van der Waals surface area (Å²) in [5, 5.41) is 10.1. The largest absolute Gasteiger partial charge is 0.389 e. The number of carbonyl (C=O) groups excluding carboxylic acids is 1. The van der Waals surface area contributed by atoms with Crippen molar-refractivity contribution in [3.63, 3.8) is 0 Å². The van der Waals surface area contributed by atoms with Crippen LogP contribution in [0.5, 0.6) is 0 Å². The lowest BCUT2D eigenvalue weighted by molar-refractivity contribution is -0.131. The van der Waals surface area contributed by atoms with Crippen molar-refractivity contribution in [2.24, 2.45) is 0 Å². The van der Waals surface area contributed by atoms with E-state index in [1.54, 1.807) is 30.5 Å². The molecule has 15 heavy (non-hydrogen) atoms. The van der Waals surface area contributed by atoms with Crippen molar-refractivity contribution >= 4 is 17.7 Å². The molecule has 0 aliphatic rings. The van der Waals surface area contributed by atoms with E-state index in [1.807, 2.05) is 6.92 Å². The second-order valence-corrected chi connectivity index (χ2v) is 6.14. The van der Waals surface area contributed by atoms with Gasteiger partial charge >= 0.3 is 0 Å². The fourth-order valence-corrected chi connectivity index (χ4v) is 1.83. The molecule has 0 spiro atoms. The Bertz CT molecular complexity index is 199. The van der Waals surface area contributed by atoms with Crippen molar-refractivity contribution in [1.29, 1.82) is 0 Å². The SMILES string of the molecule is CCN(CC(C)(C)O)C(=O)CSC(C)C. The van der Waals surface area contributed by atoms with Gasteiger partial charge < -0.3 is 10.0 Å². The number of thioether (sulfide) groups is 1. The number of hydrogen-bond donors (Lipinski definition) is 1. The zero-order valence-corrected chi connectivity index (χ0v) is 11.2. The number of amides is 1. The first-order valence-corrected chi connectivity index (χ1v) is 6.43. The minimum Gasteiger partial charge on any atom is -0.389 e. The van der Waals surface area contributed by atoms with E-state index >= 15 is 0 Å². The highest BCUT2D eigenvalue weighted by atomic mass is 32.2. The van der Waals surface area contributed by atoms with Gasteiger partial charge in [0, 0.05) is 13.1 Å². The number of rotatable bonds is 6. The van der Waals surface area contributed by atoms with Gasteiger partial charge in [-0.3, -0.25) is 4.79 Å². The highest BCUT2D eigenvalue weighted by molar-refractivity contribution is 8.00. The van der Waals surface area contributed by atoms with E-state index in [1.165, 1.54) is 0 Å². The van der Waals surface area contributed by atoms with E-state index in [0.717, 1.165) is 0 Å². The highest BCUT2D eigenvalue weighted by Crippen LogP contribution is 2.12. The minimum atomic E-state index is -0.811. The Labute approximate surface area is 97.2 Å². The Balaban J connectivity index is 4.11. The average Bonchev–Trinajstić information content (AvgIpc) is 2.08. The lowest BCUT2D eigenvalue weighted by Gasteiger charge is -2.28. The minimum absolute atomic E-state index is 0.110. The molecule has 4 heteroatoms. The van der Waals surface area contributed by atoms with Crippen LogP contribution in [-0.2, 0) is 4.79 Å². The smallest absolute Gasteiger partial charge is 0.232 e. The van der Waals surface area contributed by atoms with Crippen LogP contribution in [-0.4, -0.2) is 45.6 Å². The quantitative estimate of drug-likeness (QED) is 0.760. The average molecular weight is 233 g/mol. The van der Waals surface area contributed by atoms with Gasteiger partial charge in [0.2, 0.25) is 5.91 Å². The molecule has 3 nitrogen and oxygen atoms in total. The maximum absolute atomic E-state index is 11.8. The zero-order valence-electron chi connectivity index (χ0n) is 10.4. The van der Waals surface area contributed by atoms with Gasteiger partial charge in [0.25, 0.3) is 0 Å². The first-order valence-electron chi connectivity index (χ1n) is 5.38. The van der Waals surface area contributed by atoms with Crippen LogP contribution >= 0.6 is 11.8 Å². The summed E-state index contributed by atoms with van der Waals surface area (Å²) in [5.41, 5.74) is -0.811. The zero-order chi connectivity index (χ0) is 12.1. The molecular weight excluding hydrogens is 210 g/mol. The van der Waals surface area contributed by atoms with Gasteiger partial charge in [0.05, 0.1) is 11.4 Å². The third-order valence-electron chi connectivity index (χ3n) is 1.85. The third-order valence-corrected chi connectivity index (χ3v) is 2.93. The van der Waals surface area contributed by atoms with Crippen molar-refractivity contribution in [3.8, 4) is 0 Å². The molecule has 90 valence electrons. The lowest BCUT2D eigenvalue weighted by Crippen LogP contribution is -2.43. The Morgan fingerprint density at radius 1 is 1.47 bits per heavy atom. The standard InChI is InChI=1S/C11H23NO2S/c1-6-12(8-11(4,5)14)10(13)7-15-9(2)3/h9,14H,6-8H2,1-5H3. The molecule has 0 fully saturated rings. The second kappa shape index (κ2) is 6.38. The fraction of sp³-hybridized carbons (Fsp3) is 0.909. The lowest BCUT2D eigenvalue weighted by atomic mass is 10.1. The topological polar surface area (TPSA) is 40.5 Å². The summed E-state index contributed by atoms with van der Waals surface area (Å²) in [5.74, 6) is 0.611. The van der Waals surface area contributed by atoms with Crippen LogP contribution in [0, 0.1) is 0 Å². The summed E-state index contributed by atoms with van der Waals surface area (Å²) in [6.45, 7) is 10.6. The molecule has 0 saturated carbocycles. The van der Waals surface area contributed by atoms with Crippen LogP contribution in [0.25, 0.3) is 0 Å². The predicted molar refractivity (Wildman–Crippen MR) is 66.1 cm³/mol. The Hall–Kier alpha value is -0.220. The Morgan fingerprint density at radius 3 is 2.33 bits per heavy atom. The molecule has 0 aromatic rings. The molecule has 0 aromatic carbocycles. The molecular formula is C11H23NO2S. The Morgan fingerprint density at radius 2 is 2.00 bits per heavy atom. The van der Waals surface area contributed by atoms with Gasteiger partial charge in [-0.2, -0.15) is 0 Å². The molecule has 0 heterocycles. The van der Waals surface area contributed by atoms with E-state index in [9.17, 15) is 9.90 Å². The number of hydrogen-bond acceptors (Lipinski definition) is 3. The molecule has 1 amide bonds. The van der Waals surface area contributed by atoms with Gasteiger partial charge in [-0.05, 0) is 26.0 Å². The number of nitrogens with zero attached hydrogens (tertiary/aromatic N) is 1. The summed E-state index contributed by atoms with van der Waals surface area (Å²) >= 11 is 1.64. The third kappa shape index (κ3) is 7.68. The summed E-state index contributed by atoms with van der Waals surface area (Å²) in [4.78, 5) is 13.5. The van der Waals surface area contributed by atoms with E-state index in [0.29, 0.717) is 24.1 Å². The van der Waals surface area contributed by atoms with Gasteiger partial charge in [0.1, 0.15) is 0 Å². The highest BCUT2D eigenvalue weighted by Gasteiger charge is 2.21. The van der Waals surface area contributed by atoms with Crippen LogP contribution in [0.1, 0.15) is 34.6 Å². The van der Waals surface area contributed by atoms with Crippen LogP contribution < -0.4 is 0 Å². The molecule has 0 atom stereocenters. The molecule has 0 unspecified atom stereocenters. The van der Waals surface area contributed by atoms with Gasteiger partial charge in [-0.1, -0.05) is 13.8 Å². The maximum atomic E-state index is 11.8. The van der Waals surface area contributed by atoms with Crippen LogP contribution in [0.2, 0.25) is 0 Å². The van der Waals surface area contributed by atoms with Crippen LogP contribution in [0.4, 0.5) is 0 Å².